The fraction of sp³-hybridized carbons (Fsp3) is 0.353. The van der Waals surface area contributed by atoms with E-state index in [1.807, 2.05) is 43.4 Å². The molecule has 1 atom stereocenters. The maximum atomic E-state index is 11.8. The highest BCUT2D eigenvalue weighted by Crippen LogP contribution is 2.34. The van der Waals surface area contributed by atoms with Crippen molar-refractivity contribution in [2.45, 2.75) is 32.9 Å². The number of hydrogen-bond acceptors (Lipinski definition) is 2. The second kappa shape index (κ2) is 8.39. The van der Waals surface area contributed by atoms with E-state index >= 15 is 0 Å². The quantitative estimate of drug-likeness (QED) is 0.800. The van der Waals surface area contributed by atoms with Crippen LogP contribution in [-0.4, -0.2) is 18.5 Å². The normalized spacial score (nSPS) is 12.2. The van der Waals surface area contributed by atoms with Crippen LogP contribution in [0.2, 0.25) is 10.0 Å². The van der Waals surface area contributed by atoms with Crippen molar-refractivity contribution in [2.75, 3.05) is 6.54 Å². The zero-order chi connectivity index (χ0) is 16.8. The smallest absolute Gasteiger partial charge is 0.277 e. The van der Waals surface area contributed by atoms with Crippen LogP contribution in [0.15, 0.2) is 34.7 Å². The summed E-state index contributed by atoms with van der Waals surface area (Å²) in [5, 5.41) is 5.79. The molecule has 1 amide bonds. The lowest BCUT2D eigenvalue weighted by Gasteiger charge is -2.09. The number of furan rings is 1. The molecule has 0 radical (unpaired) electrons. The monoisotopic (exact) mass is 355 g/mol. The van der Waals surface area contributed by atoms with Crippen molar-refractivity contribution in [1.82, 2.24) is 5.32 Å². The van der Waals surface area contributed by atoms with Crippen molar-refractivity contribution in [3.63, 3.8) is 0 Å². The average molecular weight is 356 g/mol. The Bertz CT molecular complexity index is 670. The molecule has 2 aromatic rings. The van der Waals surface area contributed by atoms with Gasteiger partial charge in [0.1, 0.15) is 12.3 Å². The van der Waals surface area contributed by atoms with Crippen LogP contribution in [0.3, 0.4) is 0 Å². The molecule has 0 spiro atoms. The van der Waals surface area contributed by atoms with Crippen molar-refractivity contribution in [3.05, 3.63) is 46.1 Å². The molecule has 6 heteroatoms. The first-order valence-electron chi connectivity index (χ1n) is 7.67. The standard InChI is InChI=1S/C17H20Cl2N2O2/c1-3-9-20-17(22)11(2)21-10-12-7-8-15(23-12)13-5-4-6-14(18)16(13)19/h4-8,11,21H,3,9-10H2,1-2H3,(H,20,22)/p+1/t11-/m0/s1. The van der Waals surface area contributed by atoms with Crippen molar-refractivity contribution >= 4 is 29.1 Å². The van der Waals surface area contributed by atoms with Crippen LogP contribution < -0.4 is 10.6 Å². The van der Waals surface area contributed by atoms with Gasteiger partial charge in [0.25, 0.3) is 5.91 Å². The molecule has 23 heavy (non-hydrogen) atoms. The fourth-order valence-electron chi connectivity index (χ4n) is 2.14. The minimum absolute atomic E-state index is 0.0384. The number of quaternary nitrogens is 1. The third-order valence-corrected chi connectivity index (χ3v) is 4.33. The first kappa shape index (κ1) is 17.9. The Morgan fingerprint density at radius 3 is 2.83 bits per heavy atom. The fourth-order valence-corrected chi connectivity index (χ4v) is 2.53. The van der Waals surface area contributed by atoms with Gasteiger partial charge < -0.3 is 15.1 Å². The summed E-state index contributed by atoms with van der Waals surface area (Å²) in [4.78, 5) is 11.8. The second-order valence-corrected chi connectivity index (χ2v) is 6.17. The molecule has 124 valence electrons. The first-order valence-corrected chi connectivity index (χ1v) is 8.42. The SMILES string of the molecule is CCCNC(=O)[C@H](C)[NH2+]Cc1ccc(-c2cccc(Cl)c2Cl)o1. The molecule has 3 N–H and O–H groups in total. The van der Waals surface area contributed by atoms with Crippen LogP contribution in [0, 0.1) is 0 Å². The summed E-state index contributed by atoms with van der Waals surface area (Å²) in [6.07, 6.45) is 0.931. The molecular weight excluding hydrogens is 335 g/mol. The highest BCUT2D eigenvalue weighted by Gasteiger charge is 2.17. The third kappa shape index (κ3) is 4.74. The average Bonchev–Trinajstić information content (AvgIpc) is 3.01. The van der Waals surface area contributed by atoms with E-state index in [1.165, 1.54) is 0 Å². The van der Waals surface area contributed by atoms with E-state index in [2.05, 4.69) is 5.32 Å². The summed E-state index contributed by atoms with van der Waals surface area (Å²) >= 11 is 12.2. The van der Waals surface area contributed by atoms with E-state index in [-0.39, 0.29) is 11.9 Å². The number of amides is 1. The Balaban J connectivity index is 1.97. The Morgan fingerprint density at radius 1 is 1.30 bits per heavy atom. The molecule has 0 aliphatic carbocycles. The predicted molar refractivity (Wildman–Crippen MR) is 92.6 cm³/mol. The van der Waals surface area contributed by atoms with E-state index in [4.69, 9.17) is 27.6 Å². The van der Waals surface area contributed by atoms with Crippen molar-refractivity contribution in [2.24, 2.45) is 0 Å². The summed E-state index contributed by atoms with van der Waals surface area (Å²) in [5.41, 5.74) is 0.763. The second-order valence-electron chi connectivity index (χ2n) is 5.39. The lowest BCUT2D eigenvalue weighted by atomic mass is 10.2. The Morgan fingerprint density at radius 2 is 2.09 bits per heavy atom. The maximum absolute atomic E-state index is 11.8. The number of carbonyl (C=O) groups excluding carboxylic acids is 1. The van der Waals surface area contributed by atoms with Crippen LogP contribution >= 0.6 is 23.2 Å². The van der Waals surface area contributed by atoms with Gasteiger partial charge in [0.2, 0.25) is 0 Å². The van der Waals surface area contributed by atoms with E-state index in [0.717, 1.165) is 17.7 Å². The van der Waals surface area contributed by atoms with Gasteiger partial charge in [-0.15, -0.1) is 0 Å². The Hall–Kier alpha value is -1.49. The zero-order valence-electron chi connectivity index (χ0n) is 13.2. The van der Waals surface area contributed by atoms with Gasteiger partial charge in [0.15, 0.2) is 11.8 Å². The number of rotatable bonds is 7. The van der Waals surface area contributed by atoms with Crippen LogP contribution in [0.5, 0.6) is 0 Å². The molecule has 0 saturated carbocycles. The van der Waals surface area contributed by atoms with Crippen molar-refractivity contribution in [3.8, 4) is 11.3 Å². The summed E-state index contributed by atoms with van der Waals surface area (Å²) < 4.78 is 5.81. The van der Waals surface area contributed by atoms with Crippen LogP contribution in [0.4, 0.5) is 0 Å². The summed E-state index contributed by atoms with van der Waals surface area (Å²) in [7, 11) is 0. The molecule has 1 aromatic heterocycles. The van der Waals surface area contributed by atoms with Crippen molar-refractivity contribution in [1.29, 1.82) is 0 Å². The lowest BCUT2D eigenvalue weighted by Crippen LogP contribution is -2.90. The van der Waals surface area contributed by atoms with Gasteiger partial charge in [-0.25, -0.2) is 0 Å². The number of nitrogens with one attached hydrogen (secondary N) is 1. The van der Waals surface area contributed by atoms with Crippen LogP contribution in [0.1, 0.15) is 26.0 Å². The van der Waals surface area contributed by atoms with Crippen molar-refractivity contribution < 1.29 is 14.5 Å². The van der Waals surface area contributed by atoms with Gasteiger partial charge >= 0.3 is 0 Å². The molecule has 4 nitrogen and oxygen atoms in total. The van der Waals surface area contributed by atoms with Gasteiger partial charge in [-0.1, -0.05) is 36.2 Å². The van der Waals surface area contributed by atoms with Gasteiger partial charge in [0.05, 0.1) is 10.0 Å². The minimum Gasteiger partial charge on any atom is -0.455 e. The van der Waals surface area contributed by atoms with Gasteiger partial charge in [-0.2, -0.15) is 0 Å². The molecular formula is C17H21Cl2N2O2+. The zero-order valence-corrected chi connectivity index (χ0v) is 14.7. The molecule has 0 bridgehead atoms. The number of carbonyl (C=O) groups is 1. The molecule has 0 fully saturated rings. The van der Waals surface area contributed by atoms with E-state index in [0.29, 0.717) is 28.9 Å². The summed E-state index contributed by atoms with van der Waals surface area (Å²) in [5.74, 6) is 1.49. The molecule has 0 aliphatic heterocycles. The summed E-state index contributed by atoms with van der Waals surface area (Å²) in [6, 6.07) is 9.02. The molecule has 2 rings (SSSR count). The predicted octanol–water partition coefficient (Wildman–Crippen LogP) is 3.23. The lowest BCUT2D eigenvalue weighted by molar-refractivity contribution is -0.690. The molecule has 1 heterocycles. The third-order valence-electron chi connectivity index (χ3n) is 3.51. The molecule has 1 aromatic carbocycles. The van der Waals surface area contributed by atoms with Gasteiger partial charge in [-0.05, 0) is 37.6 Å². The van der Waals surface area contributed by atoms with E-state index in [9.17, 15) is 4.79 Å². The molecule has 0 aliphatic rings. The minimum atomic E-state index is -0.162. The highest BCUT2D eigenvalue weighted by molar-refractivity contribution is 6.43. The van der Waals surface area contributed by atoms with E-state index < -0.39 is 0 Å². The largest absolute Gasteiger partial charge is 0.455 e. The van der Waals surface area contributed by atoms with E-state index in [1.54, 1.807) is 6.07 Å². The highest BCUT2D eigenvalue weighted by atomic mass is 35.5. The first-order chi connectivity index (χ1) is 11.0. The van der Waals surface area contributed by atoms with Crippen LogP contribution in [-0.2, 0) is 11.3 Å². The van der Waals surface area contributed by atoms with Crippen LogP contribution in [0.25, 0.3) is 11.3 Å². The maximum Gasteiger partial charge on any atom is 0.277 e. The van der Waals surface area contributed by atoms with Gasteiger partial charge in [0, 0.05) is 12.1 Å². The van der Waals surface area contributed by atoms with Gasteiger partial charge in [-0.3, -0.25) is 4.79 Å². The molecule has 0 saturated heterocycles. The number of benzene rings is 1. The number of halogens is 2. The molecule has 0 unspecified atom stereocenters. The topological polar surface area (TPSA) is 58.9 Å². The number of nitrogens with two attached hydrogens (primary N) is 1. The summed E-state index contributed by atoms with van der Waals surface area (Å²) in [6.45, 7) is 5.19. The number of hydrogen-bond donors (Lipinski definition) is 2. The Labute approximate surface area is 146 Å². The Kier molecular flexibility index (Phi) is 6.51.